The second-order valence-corrected chi connectivity index (χ2v) is 4.85. The molecule has 0 spiro atoms. The van der Waals surface area contributed by atoms with Crippen molar-refractivity contribution in [3.63, 3.8) is 0 Å². The van der Waals surface area contributed by atoms with E-state index in [-0.39, 0.29) is 5.91 Å². The van der Waals surface area contributed by atoms with Crippen LogP contribution in [0, 0.1) is 0 Å². The van der Waals surface area contributed by atoms with Crippen molar-refractivity contribution in [3.05, 3.63) is 46.3 Å². The van der Waals surface area contributed by atoms with Crippen molar-refractivity contribution in [2.75, 3.05) is 13.7 Å². The first-order chi connectivity index (χ1) is 9.22. The molecule has 0 bridgehead atoms. The molecule has 19 heavy (non-hydrogen) atoms. The average Bonchev–Trinajstić information content (AvgIpc) is 2.94. The molecule has 0 aromatic carbocycles. The summed E-state index contributed by atoms with van der Waals surface area (Å²) in [4.78, 5) is 18.0. The van der Waals surface area contributed by atoms with E-state index in [1.54, 1.807) is 18.1 Å². The van der Waals surface area contributed by atoms with E-state index in [1.165, 1.54) is 11.3 Å². The van der Waals surface area contributed by atoms with Crippen molar-refractivity contribution in [3.8, 4) is 5.88 Å². The highest BCUT2D eigenvalue weighted by molar-refractivity contribution is 7.08. The van der Waals surface area contributed by atoms with Crippen LogP contribution in [-0.4, -0.2) is 29.4 Å². The van der Waals surface area contributed by atoms with Crippen LogP contribution < -0.4 is 4.74 Å². The maximum Gasteiger partial charge on any atom is 0.254 e. The quantitative estimate of drug-likeness (QED) is 0.843. The van der Waals surface area contributed by atoms with Crippen molar-refractivity contribution in [2.24, 2.45) is 0 Å². The maximum absolute atomic E-state index is 12.2. The van der Waals surface area contributed by atoms with Crippen LogP contribution >= 0.6 is 11.3 Å². The van der Waals surface area contributed by atoms with Gasteiger partial charge in [-0.3, -0.25) is 4.79 Å². The fraction of sp³-hybridized carbons (Fsp3) is 0.286. The van der Waals surface area contributed by atoms with Gasteiger partial charge in [0.2, 0.25) is 5.88 Å². The Morgan fingerprint density at radius 3 is 3.00 bits per heavy atom. The van der Waals surface area contributed by atoms with Crippen molar-refractivity contribution in [1.82, 2.24) is 9.88 Å². The van der Waals surface area contributed by atoms with Gasteiger partial charge in [-0.25, -0.2) is 4.98 Å². The molecule has 0 saturated heterocycles. The molecular weight excluding hydrogens is 260 g/mol. The lowest BCUT2D eigenvalue weighted by molar-refractivity contribution is 0.0784. The highest BCUT2D eigenvalue weighted by Gasteiger charge is 2.14. The molecule has 100 valence electrons. The molecule has 0 N–H and O–H groups in total. The van der Waals surface area contributed by atoms with E-state index in [0.29, 0.717) is 24.6 Å². The Balaban J connectivity index is 2.10. The molecule has 1 amide bonds. The van der Waals surface area contributed by atoms with Crippen LogP contribution in [0.4, 0.5) is 0 Å². The Morgan fingerprint density at radius 2 is 2.32 bits per heavy atom. The summed E-state index contributed by atoms with van der Waals surface area (Å²) in [7, 11) is 1.78. The van der Waals surface area contributed by atoms with Gasteiger partial charge in [0.05, 0.1) is 18.7 Å². The van der Waals surface area contributed by atoms with Crippen LogP contribution in [0.1, 0.15) is 22.8 Å². The minimum absolute atomic E-state index is 0.00699. The molecule has 2 aromatic heterocycles. The Kier molecular flexibility index (Phi) is 4.52. The number of thiophene rings is 1. The van der Waals surface area contributed by atoms with E-state index < -0.39 is 0 Å². The van der Waals surface area contributed by atoms with Gasteiger partial charge < -0.3 is 9.64 Å². The lowest BCUT2D eigenvalue weighted by atomic mass is 10.2. The van der Waals surface area contributed by atoms with Crippen molar-refractivity contribution in [2.45, 2.75) is 13.5 Å². The Morgan fingerprint density at radius 1 is 1.47 bits per heavy atom. The van der Waals surface area contributed by atoms with Gasteiger partial charge in [0, 0.05) is 24.2 Å². The minimum atomic E-state index is 0.00699. The zero-order valence-corrected chi connectivity index (χ0v) is 11.8. The summed E-state index contributed by atoms with van der Waals surface area (Å²) in [6, 6.07) is 5.60. The van der Waals surface area contributed by atoms with Gasteiger partial charge in [-0.1, -0.05) is 6.07 Å². The van der Waals surface area contributed by atoms with Crippen LogP contribution in [0.15, 0.2) is 35.2 Å². The Bertz CT molecular complexity index is 540. The summed E-state index contributed by atoms with van der Waals surface area (Å²) in [5.74, 6) is 0.600. The number of hydrogen-bond acceptors (Lipinski definition) is 4. The number of ether oxygens (including phenoxy) is 1. The van der Waals surface area contributed by atoms with E-state index in [0.717, 1.165) is 5.56 Å². The van der Waals surface area contributed by atoms with Crippen molar-refractivity contribution in [1.29, 1.82) is 0 Å². The molecule has 5 heteroatoms. The second kappa shape index (κ2) is 6.33. The largest absolute Gasteiger partial charge is 0.478 e. The molecule has 2 heterocycles. The van der Waals surface area contributed by atoms with E-state index in [9.17, 15) is 4.79 Å². The zero-order valence-electron chi connectivity index (χ0n) is 11.0. The molecule has 0 aliphatic rings. The summed E-state index contributed by atoms with van der Waals surface area (Å²) >= 11 is 1.52. The summed E-state index contributed by atoms with van der Waals surface area (Å²) in [6.45, 7) is 2.96. The normalized spacial score (nSPS) is 10.2. The number of rotatable bonds is 5. The molecule has 0 aliphatic heterocycles. The van der Waals surface area contributed by atoms with E-state index in [2.05, 4.69) is 4.98 Å². The molecule has 2 rings (SSSR count). The third kappa shape index (κ3) is 3.32. The monoisotopic (exact) mass is 276 g/mol. The number of pyridine rings is 1. The molecule has 4 nitrogen and oxygen atoms in total. The molecule has 0 saturated carbocycles. The van der Waals surface area contributed by atoms with E-state index in [1.807, 2.05) is 35.9 Å². The number of hydrogen-bond donors (Lipinski definition) is 0. The van der Waals surface area contributed by atoms with Crippen LogP contribution in [0.2, 0.25) is 0 Å². The number of carbonyl (C=O) groups excluding carboxylic acids is 1. The first kappa shape index (κ1) is 13.5. The molecule has 2 aromatic rings. The summed E-state index contributed by atoms with van der Waals surface area (Å²) in [5, 5.41) is 3.75. The van der Waals surface area contributed by atoms with Gasteiger partial charge >= 0.3 is 0 Å². The average molecular weight is 276 g/mol. The standard InChI is InChI=1S/C14H16N2O2S/c1-3-18-13-11(5-4-7-15-13)9-16(2)14(17)12-6-8-19-10-12/h4-8,10H,3,9H2,1-2H3. The Labute approximate surface area is 116 Å². The van der Waals surface area contributed by atoms with E-state index >= 15 is 0 Å². The third-order valence-electron chi connectivity index (χ3n) is 2.65. The van der Waals surface area contributed by atoms with Gasteiger partial charge in [-0.05, 0) is 24.4 Å². The van der Waals surface area contributed by atoms with Crippen LogP contribution in [0.3, 0.4) is 0 Å². The summed E-state index contributed by atoms with van der Waals surface area (Å²) < 4.78 is 5.46. The topological polar surface area (TPSA) is 42.4 Å². The molecular formula is C14H16N2O2S. The Hall–Kier alpha value is -1.88. The first-order valence-electron chi connectivity index (χ1n) is 6.06. The van der Waals surface area contributed by atoms with Crippen molar-refractivity contribution < 1.29 is 9.53 Å². The minimum Gasteiger partial charge on any atom is -0.478 e. The van der Waals surface area contributed by atoms with Gasteiger partial charge in [0.25, 0.3) is 5.91 Å². The van der Waals surface area contributed by atoms with Gasteiger partial charge in [0.15, 0.2) is 0 Å². The molecule has 0 aliphatic carbocycles. The number of nitrogens with zero attached hydrogens (tertiary/aromatic N) is 2. The van der Waals surface area contributed by atoms with Crippen LogP contribution in [0.5, 0.6) is 5.88 Å². The highest BCUT2D eigenvalue weighted by Crippen LogP contribution is 2.17. The molecule has 0 fully saturated rings. The lowest BCUT2D eigenvalue weighted by Crippen LogP contribution is -2.26. The first-order valence-corrected chi connectivity index (χ1v) is 7.01. The fourth-order valence-corrected chi connectivity index (χ4v) is 2.37. The van der Waals surface area contributed by atoms with Crippen molar-refractivity contribution >= 4 is 17.2 Å². The zero-order chi connectivity index (χ0) is 13.7. The second-order valence-electron chi connectivity index (χ2n) is 4.07. The number of amides is 1. The summed E-state index contributed by atoms with van der Waals surface area (Å²) in [5.41, 5.74) is 1.63. The predicted octanol–water partition coefficient (Wildman–Crippen LogP) is 2.81. The smallest absolute Gasteiger partial charge is 0.254 e. The van der Waals surface area contributed by atoms with Crippen LogP contribution in [0.25, 0.3) is 0 Å². The number of carbonyl (C=O) groups is 1. The fourth-order valence-electron chi connectivity index (χ4n) is 1.74. The SMILES string of the molecule is CCOc1ncccc1CN(C)C(=O)c1ccsc1. The third-order valence-corrected chi connectivity index (χ3v) is 3.34. The van der Waals surface area contributed by atoms with Gasteiger partial charge in [-0.15, -0.1) is 0 Å². The van der Waals surface area contributed by atoms with Crippen LogP contribution in [-0.2, 0) is 6.54 Å². The highest BCUT2D eigenvalue weighted by atomic mass is 32.1. The van der Waals surface area contributed by atoms with Gasteiger partial charge in [0.1, 0.15) is 0 Å². The summed E-state index contributed by atoms with van der Waals surface area (Å²) in [6.07, 6.45) is 1.69. The van der Waals surface area contributed by atoms with E-state index in [4.69, 9.17) is 4.74 Å². The lowest BCUT2D eigenvalue weighted by Gasteiger charge is -2.18. The maximum atomic E-state index is 12.2. The van der Waals surface area contributed by atoms with Gasteiger partial charge in [-0.2, -0.15) is 11.3 Å². The number of aromatic nitrogens is 1. The molecule has 0 atom stereocenters. The molecule has 0 radical (unpaired) electrons. The predicted molar refractivity (Wildman–Crippen MR) is 75.5 cm³/mol. The molecule has 0 unspecified atom stereocenters.